The van der Waals surface area contributed by atoms with Gasteiger partial charge in [-0.1, -0.05) is 51.1 Å². The summed E-state index contributed by atoms with van der Waals surface area (Å²) < 4.78 is 6.77. The van der Waals surface area contributed by atoms with Crippen molar-refractivity contribution in [3.63, 3.8) is 0 Å². The molecule has 0 radical (unpaired) electrons. The van der Waals surface area contributed by atoms with Crippen molar-refractivity contribution in [2.45, 2.75) is 52.9 Å². The van der Waals surface area contributed by atoms with Crippen LogP contribution >= 0.6 is 0 Å². The summed E-state index contributed by atoms with van der Waals surface area (Å²) in [6.07, 6.45) is 9.05. The molecule has 3 nitrogen and oxygen atoms in total. The number of hydrogen-bond donors (Lipinski definition) is 0. The summed E-state index contributed by atoms with van der Waals surface area (Å²) in [4.78, 5) is 13.5. The molecule has 0 amide bonds. The minimum Gasteiger partial charge on any atom is -0.496 e. The summed E-state index contributed by atoms with van der Waals surface area (Å²) in [5.41, 5.74) is 7.96. The standard InChI is InChI=1S/C30H40NO2/c1-8-21(3)26-20-28(33-7)30(22(4)29(26)25-15-17-31(5,6)18-16-25)27(32)14-13-24-12-10-11-23(9-2)19-24/h10-15,19-21H,8-9,16-18H2,1-7H3/q+1. The number of aryl methyl sites for hydroxylation is 1. The molecule has 3 rings (SSSR count). The molecule has 3 heteroatoms. The van der Waals surface area contributed by atoms with Crippen molar-refractivity contribution < 1.29 is 14.0 Å². The molecule has 176 valence electrons. The van der Waals surface area contributed by atoms with Gasteiger partial charge in [0, 0.05) is 6.42 Å². The Morgan fingerprint density at radius 1 is 1.21 bits per heavy atom. The van der Waals surface area contributed by atoms with Gasteiger partial charge in [0.25, 0.3) is 0 Å². The molecule has 0 aromatic heterocycles. The third-order valence-electron chi connectivity index (χ3n) is 7.11. The number of carbonyl (C=O) groups excluding carboxylic acids is 1. The van der Waals surface area contributed by atoms with Crippen molar-refractivity contribution in [3.8, 4) is 5.75 Å². The average molecular weight is 447 g/mol. The van der Waals surface area contributed by atoms with Crippen LogP contribution in [0.4, 0.5) is 0 Å². The maximum Gasteiger partial charge on any atom is 0.189 e. The van der Waals surface area contributed by atoms with Gasteiger partial charge in [-0.05, 0) is 77.3 Å². The monoisotopic (exact) mass is 446 g/mol. The predicted octanol–water partition coefficient (Wildman–Crippen LogP) is 6.84. The van der Waals surface area contributed by atoms with Crippen molar-refractivity contribution in [1.29, 1.82) is 0 Å². The zero-order valence-corrected chi connectivity index (χ0v) is 21.5. The van der Waals surface area contributed by atoms with Gasteiger partial charge in [0.15, 0.2) is 5.78 Å². The van der Waals surface area contributed by atoms with E-state index in [4.69, 9.17) is 4.74 Å². The first-order valence-electron chi connectivity index (χ1n) is 12.2. The summed E-state index contributed by atoms with van der Waals surface area (Å²) in [5, 5.41) is 0. The van der Waals surface area contributed by atoms with Crippen LogP contribution in [0.15, 0.2) is 42.5 Å². The second-order valence-electron chi connectivity index (χ2n) is 9.97. The highest BCUT2D eigenvalue weighted by atomic mass is 16.5. The van der Waals surface area contributed by atoms with Gasteiger partial charge in [0.2, 0.25) is 0 Å². The number of allylic oxidation sites excluding steroid dienone is 1. The van der Waals surface area contributed by atoms with E-state index in [0.29, 0.717) is 17.2 Å². The van der Waals surface area contributed by atoms with E-state index in [2.05, 4.69) is 66.1 Å². The van der Waals surface area contributed by atoms with Gasteiger partial charge >= 0.3 is 0 Å². The molecule has 0 fully saturated rings. The quantitative estimate of drug-likeness (QED) is 0.252. The number of ketones is 1. The van der Waals surface area contributed by atoms with Crippen molar-refractivity contribution in [2.24, 2.45) is 0 Å². The zero-order chi connectivity index (χ0) is 24.2. The Morgan fingerprint density at radius 2 is 1.97 bits per heavy atom. The second-order valence-corrected chi connectivity index (χ2v) is 9.97. The number of rotatable bonds is 8. The number of carbonyl (C=O) groups is 1. The van der Waals surface area contributed by atoms with Gasteiger partial charge in [0.1, 0.15) is 5.75 Å². The van der Waals surface area contributed by atoms with Crippen molar-refractivity contribution >= 4 is 17.4 Å². The maximum atomic E-state index is 13.5. The van der Waals surface area contributed by atoms with Gasteiger partial charge < -0.3 is 9.22 Å². The van der Waals surface area contributed by atoms with E-state index in [1.165, 1.54) is 22.3 Å². The fraction of sp³-hybridized carbons (Fsp3) is 0.433. The fourth-order valence-electron chi connectivity index (χ4n) is 4.69. The third-order valence-corrected chi connectivity index (χ3v) is 7.11. The number of methoxy groups -OCH3 is 1. The normalized spacial score (nSPS) is 16.5. The summed E-state index contributed by atoms with van der Waals surface area (Å²) in [6.45, 7) is 10.8. The molecule has 0 aliphatic carbocycles. The number of likely N-dealkylation sites (N-methyl/N-ethyl adjacent to an activating group) is 1. The summed E-state index contributed by atoms with van der Waals surface area (Å²) in [5.74, 6) is 1.07. The van der Waals surface area contributed by atoms with Gasteiger partial charge in [-0.2, -0.15) is 0 Å². The van der Waals surface area contributed by atoms with Crippen LogP contribution in [0.25, 0.3) is 11.6 Å². The van der Waals surface area contributed by atoms with Gasteiger partial charge in [-0.3, -0.25) is 4.79 Å². The Morgan fingerprint density at radius 3 is 2.58 bits per heavy atom. The largest absolute Gasteiger partial charge is 0.496 e. The highest BCUT2D eigenvalue weighted by Crippen LogP contribution is 2.40. The van der Waals surface area contributed by atoms with Crippen molar-refractivity contribution in [3.05, 3.63) is 75.9 Å². The van der Waals surface area contributed by atoms with Crippen LogP contribution in [0.2, 0.25) is 0 Å². The Balaban J connectivity index is 2.10. The molecule has 0 saturated heterocycles. The van der Waals surface area contributed by atoms with Gasteiger partial charge in [0.05, 0.1) is 39.9 Å². The van der Waals surface area contributed by atoms with E-state index in [0.717, 1.165) is 48.0 Å². The zero-order valence-electron chi connectivity index (χ0n) is 21.5. The van der Waals surface area contributed by atoms with E-state index in [1.54, 1.807) is 13.2 Å². The predicted molar refractivity (Wildman–Crippen MR) is 140 cm³/mol. The Hall–Kier alpha value is -2.65. The van der Waals surface area contributed by atoms with Gasteiger partial charge in [-0.15, -0.1) is 0 Å². The Bertz CT molecular complexity index is 1070. The molecular formula is C30H40NO2+. The molecular weight excluding hydrogens is 406 g/mol. The minimum absolute atomic E-state index is 0.00396. The lowest BCUT2D eigenvalue weighted by Crippen LogP contribution is -2.42. The molecule has 1 aliphatic rings. The third kappa shape index (κ3) is 5.65. The smallest absolute Gasteiger partial charge is 0.189 e. The molecule has 2 aromatic rings. The van der Waals surface area contributed by atoms with E-state index in [1.807, 2.05) is 18.2 Å². The van der Waals surface area contributed by atoms with E-state index in [-0.39, 0.29) is 5.78 Å². The van der Waals surface area contributed by atoms with Crippen LogP contribution in [-0.2, 0) is 6.42 Å². The molecule has 0 bridgehead atoms. The van der Waals surface area contributed by atoms with E-state index in [9.17, 15) is 4.79 Å². The van der Waals surface area contributed by atoms with Crippen LogP contribution in [0, 0.1) is 6.92 Å². The summed E-state index contributed by atoms with van der Waals surface area (Å²) >= 11 is 0. The highest BCUT2D eigenvalue weighted by Gasteiger charge is 2.27. The second kappa shape index (κ2) is 10.5. The number of hydrogen-bond acceptors (Lipinski definition) is 2. The van der Waals surface area contributed by atoms with Crippen LogP contribution in [0.3, 0.4) is 0 Å². The lowest BCUT2D eigenvalue weighted by Gasteiger charge is -2.34. The first kappa shape index (κ1) is 25.0. The topological polar surface area (TPSA) is 26.3 Å². The Kier molecular flexibility index (Phi) is 7.97. The summed E-state index contributed by atoms with van der Waals surface area (Å²) in [7, 11) is 6.22. The van der Waals surface area contributed by atoms with Crippen LogP contribution in [0.1, 0.15) is 77.7 Å². The van der Waals surface area contributed by atoms with Crippen LogP contribution in [-0.4, -0.2) is 44.6 Å². The van der Waals surface area contributed by atoms with E-state index < -0.39 is 0 Å². The molecule has 0 N–H and O–H groups in total. The molecule has 1 unspecified atom stereocenters. The van der Waals surface area contributed by atoms with Gasteiger partial charge in [-0.25, -0.2) is 0 Å². The first-order chi connectivity index (χ1) is 15.7. The van der Waals surface area contributed by atoms with Crippen molar-refractivity contribution in [1.82, 2.24) is 0 Å². The number of benzene rings is 2. The minimum atomic E-state index is -0.00396. The lowest BCUT2D eigenvalue weighted by atomic mass is 9.82. The lowest BCUT2D eigenvalue weighted by molar-refractivity contribution is -0.885. The first-order valence-corrected chi connectivity index (χ1v) is 12.2. The summed E-state index contributed by atoms with van der Waals surface area (Å²) in [6, 6.07) is 10.5. The Labute approximate surface area is 200 Å². The SMILES string of the molecule is CCc1cccc(C=CC(=O)c2c(OC)cc(C(C)CC)c(C3=CC[N+](C)(C)CC3)c2C)c1. The molecule has 1 aliphatic heterocycles. The molecule has 0 saturated carbocycles. The maximum absolute atomic E-state index is 13.5. The molecule has 2 aromatic carbocycles. The number of nitrogens with zero attached hydrogens (tertiary/aromatic N) is 1. The average Bonchev–Trinajstić information content (AvgIpc) is 2.81. The fourth-order valence-corrected chi connectivity index (χ4v) is 4.69. The van der Waals surface area contributed by atoms with Crippen LogP contribution < -0.4 is 4.74 Å². The molecule has 0 spiro atoms. The molecule has 1 atom stereocenters. The molecule has 33 heavy (non-hydrogen) atoms. The number of ether oxygens (including phenoxy) is 1. The highest BCUT2D eigenvalue weighted by molar-refractivity contribution is 6.10. The molecule has 1 heterocycles. The van der Waals surface area contributed by atoms with Crippen molar-refractivity contribution in [2.75, 3.05) is 34.3 Å². The van der Waals surface area contributed by atoms with Crippen LogP contribution in [0.5, 0.6) is 5.75 Å². The van der Waals surface area contributed by atoms with E-state index >= 15 is 0 Å². The number of quaternary nitrogens is 1.